The molecule has 0 aromatic heterocycles. The molecule has 1 atom stereocenters. The van der Waals surface area contributed by atoms with Crippen molar-refractivity contribution < 1.29 is 4.79 Å². The van der Waals surface area contributed by atoms with Crippen molar-refractivity contribution in [2.24, 2.45) is 0 Å². The van der Waals surface area contributed by atoms with Gasteiger partial charge < -0.3 is 11.1 Å². The lowest BCUT2D eigenvalue weighted by atomic mass is 10.2. The van der Waals surface area contributed by atoms with Crippen molar-refractivity contribution in [3.05, 3.63) is 23.2 Å². The largest absolute Gasteiger partial charge is 0.399 e. The van der Waals surface area contributed by atoms with E-state index >= 15 is 0 Å². The van der Waals surface area contributed by atoms with Gasteiger partial charge in [0.2, 0.25) is 5.91 Å². The second-order valence-corrected chi connectivity index (χ2v) is 6.26. The summed E-state index contributed by atoms with van der Waals surface area (Å²) < 4.78 is 0. The van der Waals surface area contributed by atoms with Crippen molar-refractivity contribution in [1.29, 1.82) is 0 Å². The number of hydrogen-bond acceptors (Lipinski definition) is 3. The lowest BCUT2D eigenvalue weighted by Crippen LogP contribution is -2.38. The fraction of sp³-hybridized carbons (Fsp3) is 0.500. The summed E-state index contributed by atoms with van der Waals surface area (Å²) in [5, 5.41) is 3.45. The molecule has 0 bridgehead atoms. The van der Waals surface area contributed by atoms with Crippen molar-refractivity contribution in [2.45, 2.75) is 49.8 Å². The van der Waals surface area contributed by atoms with Gasteiger partial charge in [-0.2, -0.15) is 0 Å². The van der Waals surface area contributed by atoms with Gasteiger partial charge in [-0.25, -0.2) is 0 Å². The van der Waals surface area contributed by atoms with Gasteiger partial charge in [0.1, 0.15) is 0 Å². The van der Waals surface area contributed by atoms with Crippen LogP contribution >= 0.6 is 23.4 Å². The Kier molecular flexibility index (Phi) is 6.52. The molecule has 0 heterocycles. The molecule has 5 heteroatoms. The minimum Gasteiger partial charge on any atom is -0.399 e. The van der Waals surface area contributed by atoms with Crippen LogP contribution in [0.1, 0.15) is 33.6 Å². The van der Waals surface area contributed by atoms with Crippen LogP contribution in [0.2, 0.25) is 5.02 Å². The molecule has 0 saturated carbocycles. The Labute approximate surface area is 124 Å². The van der Waals surface area contributed by atoms with Crippen LogP contribution in [0.3, 0.4) is 0 Å². The van der Waals surface area contributed by atoms with E-state index in [0.717, 1.165) is 17.7 Å². The zero-order valence-corrected chi connectivity index (χ0v) is 13.1. The number of nitrogens with one attached hydrogen (secondary N) is 1. The Morgan fingerprint density at radius 2 is 2.05 bits per heavy atom. The molecule has 1 amide bonds. The molecule has 0 radical (unpaired) electrons. The van der Waals surface area contributed by atoms with Crippen LogP contribution < -0.4 is 11.1 Å². The van der Waals surface area contributed by atoms with Gasteiger partial charge in [-0.05, 0) is 38.0 Å². The zero-order valence-electron chi connectivity index (χ0n) is 11.6. The molecule has 0 saturated heterocycles. The predicted molar refractivity (Wildman–Crippen MR) is 83.7 cm³/mol. The summed E-state index contributed by atoms with van der Waals surface area (Å²) in [6, 6.07) is 5.59. The lowest BCUT2D eigenvalue weighted by Gasteiger charge is -2.18. The van der Waals surface area contributed by atoms with Gasteiger partial charge in [-0.15, -0.1) is 11.8 Å². The monoisotopic (exact) mass is 300 g/mol. The molecule has 1 unspecified atom stereocenters. The second kappa shape index (κ2) is 7.65. The third-order valence-corrected chi connectivity index (χ3v) is 4.56. The Hall–Kier alpha value is -0.870. The number of hydrogen-bond donors (Lipinski definition) is 2. The average Bonchev–Trinajstić information content (AvgIpc) is 2.38. The van der Waals surface area contributed by atoms with E-state index in [1.54, 1.807) is 12.1 Å². The lowest BCUT2D eigenvalue weighted by molar-refractivity contribution is -0.121. The smallest absolute Gasteiger partial charge is 0.233 e. The normalized spacial score (nSPS) is 12.5. The van der Waals surface area contributed by atoms with Gasteiger partial charge in [0.15, 0.2) is 0 Å². The van der Waals surface area contributed by atoms with Crippen molar-refractivity contribution in [3.63, 3.8) is 0 Å². The number of nitrogen functional groups attached to an aromatic ring is 1. The molecule has 1 aromatic rings. The average molecular weight is 301 g/mol. The second-order valence-electron chi connectivity index (χ2n) is 4.47. The maximum atomic E-state index is 12.1. The summed E-state index contributed by atoms with van der Waals surface area (Å²) >= 11 is 7.56. The van der Waals surface area contributed by atoms with E-state index in [1.165, 1.54) is 11.8 Å². The van der Waals surface area contributed by atoms with Gasteiger partial charge in [-0.3, -0.25) is 4.79 Å². The Bertz CT molecular complexity index is 435. The van der Waals surface area contributed by atoms with Gasteiger partial charge in [0.05, 0.1) is 10.3 Å². The number of benzene rings is 1. The number of nitrogens with two attached hydrogens (primary N) is 1. The van der Waals surface area contributed by atoms with E-state index in [2.05, 4.69) is 19.2 Å². The summed E-state index contributed by atoms with van der Waals surface area (Å²) in [6.07, 6.45) is 1.89. The minimum absolute atomic E-state index is 0.0478. The van der Waals surface area contributed by atoms with Crippen molar-refractivity contribution in [2.75, 3.05) is 5.73 Å². The van der Waals surface area contributed by atoms with E-state index in [9.17, 15) is 4.79 Å². The first kappa shape index (κ1) is 16.2. The quantitative estimate of drug-likeness (QED) is 0.622. The number of thioether (sulfide) groups is 1. The van der Waals surface area contributed by atoms with E-state index < -0.39 is 0 Å². The Morgan fingerprint density at radius 3 is 2.58 bits per heavy atom. The fourth-order valence-electron chi connectivity index (χ4n) is 1.67. The number of halogens is 1. The van der Waals surface area contributed by atoms with E-state index in [0.29, 0.717) is 10.7 Å². The first-order valence-electron chi connectivity index (χ1n) is 6.50. The van der Waals surface area contributed by atoms with Crippen LogP contribution in [-0.2, 0) is 4.79 Å². The minimum atomic E-state index is -0.179. The Balaban J connectivity index is 2.63. The van der Waals surface area contributed by atoms with Crippen LogP contribution in [0.15, 0.2) is 23.1 Å². The van der Waals surface area contributed by atoms with E-state index in [-0.39, 0.29) is 17.2 Å². The van der Waals surface area contributed by atoms with Crippen LogP contribution in [0.4, 0.5) is 5.69 Å². The molecule has 1 aromatic carbocycles. The number of anilines is 1. The van der Waals surface area contributed by atoms with Crippen LogP contribution in [0, 0.1) is 0 Å². The van der Waals surface area contributed by atoms with Gasteiger partial charge in [0.25, 0.3) is 0 Å². The molecule has 106 valence electrons. The molecular formula is C14H21ClN2OS. The van der Waals surface area contributed by atoms with Gasteiger partial charge in [-0.1, -0.05) is 25.4 Å². The molecule has 0 spiro atoms. The van der Waals surface area contributed by atoms with Crippen LogP contribution in [-0.4, -0.2) is 17.2 Å². The predicted octanol–water partition coefficient (Wildman–Crippen LogP) is 3.71. The van der Waals surface area contributed by atoms with Crippen LogP contribution in [0.5, 0.6) is 0 Å². The van der Waals surface area contributed by atoms with Gasteiger partial charge in [0, 0.05) is 16.6 Å². The molecule has 0 fully saturated rings. The highest BCUT2D eigenvalue weighted by molar-refractivity contribution is 8.00. The fourth-order valence-corrected chi connectivity index (χ4v) is 2.86. The van der Waals surface area contributed by atoms with Crippen molar-refractivity contribution in [3.8, 4) is 0 Å². The standard InChI is InChI=1S/C14H21ClN2OS/c1-4-11(5-2)17-14(18)9(3)19-13-7-6-10(16)8-12(13)15/h6-9,11H,4-5,16H2,1-3H3,(H,17,18). The molecule has 3 N–H and O–H groups in total. The first-order valence-corrected chi connectivity index (χ1v) is 7.75. The maximum absolute atomic E-state index is 12.1. The van der Waals surface area contributed by atoms with E-state index in [4.69, 9.17) is 17.3 Å². The highest BCUT2D eigenvalue weighted by Gasteiger charge is 2.18. The third kappa shape index (κ3) is 4.96. The zero-order chi connectivity index (χ0) is 14.4. The summed E-state index contributed by atoms with van der Waals surface area (Å²) in [7, 11) is 0. The molecule has 0 aliphatic rings. The first-order chi connectivity index (χ1) is 8.97. The molecule has 0 aliphatic heterocycles. The SMILES string of the molecule is CCC(CC)NC(=O)C(C)Sc1ccc(N)cc1Cl. The van der Waals surface area contributed by atoms with Gasteiger partial charge >= 0.3 is 0 Å². The Morgan fingerprint density at radius 1 is 1.42 bits per heavy atom. The summed E-state index contributed by atoms with van der Waals surface area (Å²) in [6.45, 7) is 6.03. The van der Waals surface area contributed by atoms with E-state index in [1.807, 2.05) is 13.0 Å². The van der Waals surface area contributed by atoms with Crippen LogP contribution in [0.25, 0.3) is 0 Å². The highest BCUT2D eigenvalue weighted by Crippen LogP contribution is 2.31. The van der Waals surface area contributed by atoms with Crippen molar-refractivity contribution in [1.82, 2.24) is 5.32 Å². The summed E-state index contributed by atoms with van der Waals surface area (Å²) in [5.74, 6) is 0.0478. The number of amides is 1. The molecule has 3 nitrogen and oxygen atoms in total. The highest BCUT2D eigenvalue weighted by atomic mass is 35.5. The summed E-state index contributed by atoms with van der Waals surface area (Å²) in [4.78, 5) is 12.9. The molecule has 0 aliphatic carbocycles. The number of carbonyl (C=O) groups excluding carboxylic acids is 1. The third-order valence-electron chi connectivity index (χ3n) is 2.96. The molecule has 1 rings (SSSR count). The summed E-state index contributed by atoms with van der Waals surface area (Å²) in [5.41, 5.74) is 6.28. The van der Waals surface area contributed by atoms with Crippen molar-refractivity contribution >= 4 is 35.0 Å². The number of rotatable bonds is 6. The maximum Gasteiger partial charge on any atom is 0.233 e. The topological polar surface area (TPSA) is 55.1 Å². The molecule has 19 heavy (non-hydrogen) atoms. The number of carbonyl (C=O) groups is 1. The molecular weight excluding hydrogens is 280 g/mol.